The van der Waals surface area contributed by atoms with E-state index in [1.165, 1.54) is 31.0 Å². The molecule has 0 spiro atoms. The summed E-state index contributed by atoms with van der Waals surface area (Å²) in [4.78, 5) is 28.4. The summed E-state index contributed by atoms with van der Waals surface area (Å²) in [6, 6.07) is 11.1. The first-order valence-electron chi connectivity index (χ1n) is 13.5. The number of pyridine rings is 3. The zero-order chi connectivity index (χ0) is 28.3. The van der Waals surface area contributed by atoms with Gasteiger partial charge < -0.3 is 20.1 Å². The lowest BCUT2D eigenvalue weighted by Gasteiger charge is -2.33. The van der Waals surface area contributed by atoms with Crippen molar-refractivity contribution in [2.24, 2.45) is 5.92 Å². The van der Waals surface area contributed by atoms with Crippen molar-refractivity contribution in [1.82, 2.24) is 19.7 Å². The second-order valence-corrected chi connectivity index (χ2v) is 12.0. The number of nitrogens with two attached hydrogens (primary N) is 1. The molecule has 4 heterocycles. The van der Waals surface area contributed by atoms with Crippen LogP contribution in [0, 0.1) is 5.92 Å². The van der Waals surface area contributed by atoms with Gasteiger partial charge in [-0.25, -0.2) is 19.7 Å². The molecule has 0 aromatic carbocycles. The maximum atomic E-state index is 13.4. The number of rotatable bonds is 10. The van der Waals surface area contributed by atoms with Crippen LogP contribution in [0.5, 0.6) is 5.88 Å². The van der Waals surface area contributed by atoms with Gasteiger partial charge in [0.25, 0.3) is 15.9 Å². The van der Waals surface area contributed by atoms with Crippen LogP contribution in [0.15, 0.2) is 53.7 Å². The smallest absolute Gasteiger partial charge is 0.281 e. The predicted octanol–water partition coefficient (Wildman–Crippen LogP) is 3.91. The molecule has 40 heavy (non-hydrogen) atoms. The van der Waals surface area contributed by atoms with Crippen LogP contribution in [0.4, 0.5) is 11.6 Å². The number of anilines is 2. The summed E-state index contributed by atoms with van der Waals surface area (Å²) in [5.74, 6) is 0.822. The highest BCUT2D eigenvalue weighted by Gasteiger charge is 2.29. The van der Waals surface area contributed by atoms with E-state index in [2.05, 4.69) is 14.7 Å². The maximum absolute atomic E-state index is 13.4. The van der Waals surface area contributed by atoms with Crippen LogP contribution in [0.2, 0.25) is 0 Å². The fraction of sp³-hybridized carbons (Fsp3) is 0.429. The molecule has 1 aliphatic carbocycles. The minimum atomic E-state index is -4.25. The Morgan fingerprint density at radius 2 is 1.88 bits per heavy atom. The van der Waals surface area contributed by atoms with Crippen molar-refractivity contribution in [3.05, 3.63) is 54.2 Å². The first-order chi connectivity index (χ1) is 19.2. The average molecular weight is 571 g/mol. The molecule has 11 nitrogen and oxygen atoms in total. The highest BCUT2D eigenvalue weighted by molar-refractivity contribution is 7.90. The molecule has 1 saturated carbocycles. The first-order valence-corrected chi connectivity index (χ1v) is 15.0. The van der Waals surface area contributed by atoms with Crippen molar-refractivity contribution in [3.63, 3.8) is 0 Å². The Hall–Kier alpha value is -3.77. The molecule has 216 valence electrons. The van der Waals surface area contributed by atoms with E-state index in [0.717, 1.165) is 25.0 Å². The number of nitrogen functional groups attached to an aromatic ring is 1. The lowest BCUT2D eigenvalue weighted by atomic mass is 10.1. The molecule has 2 fully saturated rings. The number of sulfonamides is 1. The number of carbonyl (C=O) groups excluding carboxylic acids is 1. The zero-order valence-corrected chi connectivity index (χ0v) is 23.4. The number of hydrogen-bond acceptors (Lipinski definition) is 10. The van der Waals surface area contributed by atoms with Gasteiger partial charge in [0.15, 0.2) is 5.03 Å². The first kappa shape index (κ1) is 27.8. The van der Waals surface area contributed by atoms with Gasteiger partial charge in [-0.05, 0) is 75.8 Å². The number of amides is 1. The van der Waals surface area contributed by atoms with E-state index in [0.29, 0.717) is 36.4 Å². The number of piperidine rings is 1. The molecule has 0 radical (unpaired) electrons. The van der Waals surface area contributed by atoms with Gasteiger partial charge >= 0.3 is 0 Å². The van der Waals surface area contributed by atoms with Gasteiger partial charge in [0.2, 0.25) is 5.88 Å². The number of ether oxygens (including phenoxy) is 2. The van der Waals surface area contributed by atoms with Gasteiger partial charge in [-0.3, -0.25) is 4.79 Å². The molecule has 2 aliphatic rings. The number of nitrogens with zero attached hydrogens (tertiary/aromatic N) is 4. The molecule has 0 atom stereocenters. The fourth-order valence-corrected chi connectivity index (χ4v) is 5.41. The Morgan fingerprint density at radius 1 is 1.10 bits per heavy atom. The van der Waals surface area contributed by atoms with Crippen molar-refractivity contribution in [1.29, 1.82) is 0 Å². The van der Waals surface area contributed by atoms with Crippen LogP contribution in [0.3, 0.4) is 0 Å². The number of hydrogen-bond donors (Lipinski definition) is 2. The molecule has 3 N–H and O–H groups in total. The summed E-state index contributed by atoms with van der Waals surface area (Å²) in [7, 11) is -4.25. The van der Waals surface area contributed by atoms with E-state index < -0.39 is 15.9 Å². The SMILES string of the molecule is CC(C)Oc1ccc(-c2ccc(C(=O)NS(=O)(=O)c3cccc(N)n3)c(N3CCC(OCC4CC4)CC3)n2)cn1.[HH].[HH]. The van der Waals surface area contributed by atoms with E-state index >= 15 is 0 Å². The van der Waals surface area contributed by atoms with E-state index in [4.69, 9.17) is 20.2 Å². The van der Waals surface area contributed by atoms with Gasteiger partial charge in [-0.1, -0.05) is 6.07 Å². The van der Waals surface area contributed by atoms with E-state index in [1.807, 2.05) is 24.8 Å². The summed E-state index contributed by atoms with van der Waals surface area (Å²) < 4.78 is 39.7. The molecule has 3 aromatic rings. The van der Waals surface area contributed by atoms with E-state index in [-0.39, 0.29) is 31.5 Å². The number of nitrogens with one attached hydrogen (secondary N) is 1. The van der Waals surface area contributed by atoms with Crippen LogP contribution < -0.4 is 20.1 Å². The van der Waals surface area contributed by atoms with Gasteiger partial charge in [0.05, 0.1) is 23.5 Å². The third kappa shape index (κ3) is 6.86. The Kier molecular flexibility index (Phi) is 8.17. The summed E-state index contributed by atoms with van der Waals surface area (Å²) >= 11 is 0. The molecular formula is C28H38N6O5S. The minimum absolute atomic E-state index is 0. The van der Waals surface area contributed by atoms with Crippen molar-refractivity contribution in [2.45, 2.75) is 56.8 Å². The molecule has 0 unspecified atom stereocenters. The standard InChI is InChI=1S/C28H34N6O5S.2H2/c1-18(2)39-25-11-8-20(16-30-25)23-10-9-22(28(35)33-40(36,37)26-5-3-4-24(29)32-26)27(31-23)34-14-12-21(13-15-34)38-17-19-6-7-19;;/h3-5,8-11,16,18-19,21H,6-7,12-15,17H2,1-2H3,(H2,29,32)(H,33,35);2*1H. The fourth-order valence-electron chi connectivity index (χ4n) is 4.47. The second-order valence-electron chi connectivity index (χ2n) is 10.4. The van der Waals surface area contributed by atoms with E-state index in [1.54, 1.807) is 24.4 Å². The third-order valence-electron chi connectivity index (χ3n) is 6.76. The predicted molar refractivity (Wildman–Crippen MR) is 155 cm³/mol. The van der Waals surface area contributed by atoms with Gasteiger partial charge in [-0.15, -0.1) is 0 Å². The van der Waals surface area contributed by atoms with Gasteiger partial charge in [0, 0.05) is 40.4 Å². The molecule has 12 heteroatoms. The molecule has 1 aliphatic heterocycles. The van der Waals surface area contributed by atoms with Crippen LogP contribution in [-0.2, 0) is 14.8 Å². The molecule has 3 aromatic heterocycles. The number of aromatic nitrogens is 3. The van der Waals surface area contributed by atoms with Crippen LogP contribution in [0.1, 0.15) is 52.7 Å². The van der Waals surface area contributed by atoms with Crippen LogP contribution in [-0.4, -0.2) is 61.2 Å². The highest BCUT2D eigenvalue weighted by Crippen LogP contribution is 2.31. The minimum Gasteiger partial charge on any atom is -0.475 e. The molecule has 1 saturated heterocycles. The molecule has 1 amide bonds. The lowest BCUT2D eigenvalue weighted by molar-refractivity contribution is 0.0304. The largest absolute Gasteiger partial charge is 0.475 e. The van der Waals surface area contributed by atoms with Crippen molar-refractivity contribution < 1.29 is 25.5 Å². The molecular weight excluding hydrogens is 532 g/mol. The Balaban J connectivity index is 0.00000242. The lowest BCUT2D eigenvalue weighted by Crippen LogP contribution is -2.40. The van der Waals surface area contributed by atoms with Crippen LogP contribution in [0.25, 0.3) is 11.3 Å². The number of carbonyl (C=O) groups is 1. The molecule has 5 rings (SSSR count). The second kappa shape index (κ2) is 11.8. The van der Waals surface area contributed by atoms with Crippen molar-refractivity contribution in [3.8, 4) is 17.1 Å². The highest BCUT2D eigenvalue weighted by atomic mass is 32.2. The Morgan fingerprint density at radius 3 is 2.52 bits per heavy atom. The van der Waals surface area contributed by atoms with Crippen molar-refractivity contribution in [2.75, 3.05) is 30.3 Å². The zero-order valence-electron chi connectivity index (χ0n) is 22.6. The summed E-state index contributed by atoms with van der Waals surface area (Å²) in [6.07, 6.45) is 5.86. The summed E-state index contributed by atoms with van der Waals surface area (Å²) in [5.41, 5.74) is 7.13. The topological polar surface area (TPSA) is 150 Å². The van der Waals surface area contributed by atoms with Gasteiger partial charge in [0.1, 0.15) is 11.6 Å². The normalized spacial score (nSPS) is 16.2. The Bertz CT molecular complexity index is 1460. The van der Waals surface area contributed by atoms with E-state index in [9.17, 15) is 13.2 Å². The maximum Gasteiger partial charge on any atom is 0.281 e. The third-order valence-corrected chi connectivity index (χ3v) is 7.99. The van der Waals surface area contributed by atoms with Crippen LogP contribution >= 0.6 is 0 Å². The monoisotopic (exact) mass is 570 g/mol. The van der Waals surface area contributed by atoms with Gasteiger partial charge in [-0.2, -0.15) is 8.42 Å². The summed E-state index contributed by atoms with van der Waals surface area (Å²) in [5, 5.41) is -0.338. The summed E-state index contributed by atoms with van der Waals surface area (Å²) in [6.45, 7) is 5.89. The van der Waals surface area contributed by atoms with Crippen molar-refractivity contribution >= 4 is 27.6 Å². The quantitative estimate of drug-likeness (QED) is 0.367. The average Bonchev–Trinajstić information content (AvgIpc) is 3.76. The Labute approximate surface area is 237 Å². The molecule has 0 bridgehead atoms.